The molecule has 1 aromatic heterocycles. The fourth-order valence-corrected chi connectivity index (χ4v) is 4.88. The smallest absolute Gasteiger partial charge is 0.266 e. The molecule has 0 fully saturated rings. The molecule has 0 aliphatic rings. The Labute approximate surface area is 223 Å². The van der Waals surface area contributed by atoms with E-state index in [1.165, 1.54) is 0 Å². The molecular weight excluding hydrogens is 482 g/mol. The van der Waals surface area contributed by atoms with E-state index in [2.05, 4.69) is 32.9 Å². The number of nitrogens with zero attached hydrogens (tertiary/aromatic N) is 3. The first-order valence-corrected chi connectivity index (χ1v) is 13.0. The summed E-state index contributed by atoms with van der Waals surface area (Å²) in [4.78, 5) is 34.4. The molecule has 1 amide bonds. The Morgan fingerprint density at radius 3 is 2.38 bits per heavy atom. The number of rotatable bonds is 7. The van der Waals surface area contributed by atoms with Gasteiger partial charge in [0.15, 0.2) is 0 Å². The molecule has 4 aromatic rings. The van der Waals surface area contributed by atoms with E-state index < -0.39 is 6.04 Å². The van der Waals surface area contributed by atoms with Crippen molar-refractivity contribution in [3.05, 3.63) is 105 Å². The summed E-state index contributed by atoms with van der Waals surface area (Å²) in [6.45, 7) is 10.6. The van der Waals surface area contributed by atoms with Crippen LogP contribution in [0.3, 0.4) is 0 Å². The van der Waals surface area contributed by atoms with E-state index in [0.717, 1.165) is 11.1 Å². The molecule has 5 nitrogen and oxygen atoms in total. The van der Waals surface area contributed by atoms with E-state index >= 15 is 0 Å². The van der Waals surface area contributed by atoms with Gasteiger partial charge in [-0.2, -0.15) is 0 Å². The van der Waals surface area contributed by atoms with Gasteiger partial charge in [-0.05, 0) is 67.1 Å². The predicted molar refractivity (Wildman–Crippen MR) is 151 cm³/mol. The van der Waals surface area contributed by atoms with Crippen LogP contribution in [-0.4, -0.2) is 26.9 Å². The Morgan fingerprint density at radius 1 is 1.03 bits per heavy atom. The summed E-state index contributed by atoms with van der Waals surface area (Å²) in [5.41, 5.74) is 3.00. The average Bonchev–Trinajstić information content (AvgIpc) is 2.84. The summed E-state index contributed by atoms with van der Waals surface area (Å²) in [7, 11) is 0. The lowest BCUT2D eigenvalue weighted by Crippen LogP contribution is -2.40. The maximum atomic E-state index is 13.9. The van der Waals surface area contributed by atoms with Gasteiger partial charge in [0.05, 0.1) is 22.6 Å². The first-order chi connectivity index (χ1) is 17.5. The minimum Gasteiger partial charge on any atom is -0.332 e. The van der Waals surface area contributed by atoms with Crippen molar-refractivity contribution in [1.29, 1.82) is 0 Å². The standard InChI is InChI=1S/C31H34ClN3O2/c1-21-19-24(32)15-16-27(21)35-29(33-26-14-10-9-13-25(26)30(35)37)22(2)34(28(36)20-31(3,4)5)18-17-23-11-7-6-8-12-23/h6-16,19,22H,17-18,20H2,1-5H3. The van der Waals surface area contributed by atoms with Crippen molar-refractivity contribution in [3.8, 4) is 5.69 Å². The van der Waals surface area contributed by atoms with Gasteiger partial charge in [0.1, 0.15) is 5.82 Å². The molecule has 0 saturated heterocycles. The number of para-hydroxylation sites is 1. The number of carbonyl (C=O) groups excluding carboxylic acids is 1. The summed E-state index contributed by atoms with van der Waals surface area (Å²) < 4.78 is 1.65. The molecule has 0 N–H and O–H groups in total. The molecule has 6 heteroatoms. The predicted octanol–water partition coefficient (Wildman–Crippen LogP) is 6.92. The summed E-state index contributed by atoms with van der Waals surface area (Å²) in [6, 6.07) is 22.5. The van der Waals surface area contributed by atoms with Crippen LogP contribution in [0.4, 0.5) is 0 Å². The minimum atomic E-state index is -0.439. The second-order valence-electron chi connectivity index (χ2n) is 10.8. The van der Waals surface area contributed by atoms with Crippen LogP contribution < -0.4 is 5.56 Å². The molecule has 192 valence electrons. The van der Waals surface area contributed by atoms with Crippen molar-refractivity contribution in [1.82, 2.24) is 14.5 Å². The Morgan fingerprint density at radius 2 is 1.70 bits per heavy atom. The summed E-state index contributed by atoms with van der Waals surface area (Å²) >= 11 is 6.24. The Balaban J connectivity index is 1.87. The van der Waals surface area contributed by atoms with Crippen LogP contribution in [0.1, 0.15) is 57.1 Å². The highest BCUT2D eigenvalue weighted by molar-refractivity contribution is 6.30. The zero-order chi connectivity index (χ0) is 26.7. The number of benzene rings is 3. The molecule has 0 bridgehead atoms. The molecule has 0 aliphatic heterocycles. The molecule has 1 atom stereocenters. The molecule has 37 heavy (non-hydrogen) atoms. The largest absolute Gasteiger partial charge is 0.332 e. The van der Waals surface area contributed by atoms with Crippen LogP contribution in [0.25, 0.3) is 16.6 Å². The third-order valence-corrected chi connectivity index (χ3v) is 6.76. The van der Waals surface area contributed by atoms with Crippen molar-refractivity contribution in [2.24, 2.45) is 5.41 Å². The van der Waals surface area contributed by atoms with E-state index in [9.17, 15) is 9.59 Å². The van der Waals surface area contributed by atoms with Crippen molar-refractivity contribution >= 4 is 28.4 Å². The number of hydrogen-bond donors (Lipinski definition) is 0. The fraction of sp³-hybridized carbons (Fsp3) is 0.323. The monoisotopic (exact) mass is 515 g/mol. The van der Waals surface area contributed by atoms with Crippen LogP contribution in [0.5, 0.6) is 0 Å². The maximum Gasteiger partial charge on any atom is 0.266 e. The lowest BCUT2D eigenvalue weighted by atomic mass is 9.91. The average molecular weight is 516 g/mol. The van der Waals surface area contributed by atoms with Crippen LogP contribution in [0, 0.1) is 12.3 Å². The topological polar surface area (TPSA) is 55.2 Å². The fourth-order valence-electron chi connectivity index (χ4n) is 4.66. The van der Waals surface area contributed by atoms with Crippen molar-refractivity contribution in [3.63, 3.8) is 0 Å². The first kappa shape index (κ1) is 26.6. The zero-order valence-corrected chi connectivity index (χ0v) is 22.9. The summed E-state index contributed by atoms with van der Waals surface area (Å²) in [5, 5.41) is 1.13. The number of carbonyl (C=O) groups is 1. The van der Waals surface area contributed by atoms with Gasteiger partial charge >= 0.3 is 0 Å². The van der Waals surface area contributed by atoms with Gasteiger partial charge in [0.25, 0.3) is 5.56 Å². The van der Waals surface area contributed by atoms with Gasteiger partial charge in [0, 0.05) is 18.0 Å². The van der Waals surface area contributed by atoms with Crippen LogP contribution in [-0.2, 0) is 11.2 Å². The van der Waals surface area contributed by atoms with E-state index in [0.29, 0.717) is 46.8 Å². The second kappa shape index (κ2) is 10.9. The molecule has 3 aromatic carbocycles. The lowest BCUT2D eigenvalue weighted by molar-refractivity contribution is -0.135. The van der Waals surface area contributed by atoms with Gasteiger partial charge in [0.2, 0.25) is 5.91 Å². The van der Waals surface area contributed by atoms with E-state index in [-0.39, 0.29) is 16.9 Å². The van der Waals surface area contributed by atoms with Crippen LogP contribution in [0.15, 0.2) is 77.6 Å². The third kappa shape index (κ3) is 6.11. The van der Waals surface area contributed by atoms with Crippen LogP contribution >= 0.6 is 11.6 Å². The summed E-state index contributed by atoms with van der Waals surface area (Å²) in [6.07, 6.45) is 1.10. The highest BCUT2D eigenvalue weighted by atomic mass is 35.5. The van der Waals surface area contributed by atoms with Crippen LogP contribution in [0.2, 0.25) is 5.02 Å². The number of hydrogen-bond acceptors (Lipinski definition) is 3. The number of aryl methyl sites for hydroxylation is 1. The molecule has 0 saturated carbocycles. The Bertz CT molecular complexity index is 1470. The van der Waals surface area contributed by atoms with Gasteiger partial charge in [-0.1, -0.05) is 74.8 Å². The highest BCUT2D eigenvalue weighted by Crippen LogP contribution is 2.28. The maximum absolute atomic E-state index is 13.9. The minimum absolute atomic E-state index is 0.0396. The van der Waals surface area contributed by atoms with E-state index in [1.54, 1.807) is 16.7 Å². The molecule has 4 rings (SSSR count). The molecule has 1 unspecified atom stereocenters. The van der Waals surface area contributed by atoms with E-state index in [4.69, 9.17) is 16.6 Å². The number of amides is 1. The number of aromatic nitrogens is 2. The Hall–Kier alpha value is -3.44. The van der Waals surface area contributed by atoms with Gasteiger partial charge in [-0.25, -0.2) is 4.98 Å². The van der Waals surface area contributed by atoms with E-state index in [1.807, 2.05) is 67.3 Å². The Kier molecular flexibility index (Phi) is 7.84. The lowest BCUT2D eigenvalue weighted by Gasteiger charge is -2.33. The van der Waals surface area contributed by atoms with Crippen molar-refractivity contribution in [2.45, 2.75) is 53.5 Å². The normalized spacial score (nSPS) is 12.5. The summed E-state index contributed by atoms with van der Waals surface area (Å²) in [5.74, 6) is 0.571. The highest BCUT2D eigenvalue weighted by Gasteiger charge is 2.29. The third-order valence-electron chi connectivity index (χ3n) is 6.53. The number of halogens is 1. The van der Waals surface area contributed by atoms with Gasteiger partial charge in [-0.15, -0.1) is 0 Å². The van der Waals surface area contributed by atoms with Crippen molar-refractivity contribution in [2.75, 3.05) is 6.54 Å². The quantitative estimate of drug-likeness (QED) is 0.268. The molecule has 0 aliphatic carbocycles. The molecule has 0 spiro atoms. The zero-order valence-electron chi connectivity index (χ0n) is 22.2. The molecule has 1 heterocycles. The SMILES string of the molecule is Cc1cc(Cl)ccc1-n1c(C(C)N(CCc2ccccc2)C(=O)CC(C)(C)C)nc2ccccc2c1=O. The van der Waals surface area contributed by atoms with Gasteiger partial charge in [-0.3, -0.25) is 14.2 Å². The number of fused-ring (bicyclic) bond motifs is 1. The first-order valence-electron chi connectivity index (χ1n) is 12.7. The molecule has 0 radical (unpaired) electrons. The van der Waals surface area contributed by atoms with Crippen molar-refractivity contribution < 1.29 is 4.79 Å². The van der Waals surface area contributed by atoms with Gasteiger partial charge < -0.3 is 4.90 Å². The second-order valence-corrected chi connectivity index (χ2v) is 11.2. The molecular formula is C31H34ClN3O2.